The first-order valence-electron chi connectivity index (χ1n) is 7.41. The van der Waals surface area contributed by atoms with Gasteiger partial charge in [-0.1, -0.05) is 60.7 Å². The molecule has 0 aliphatic heterocycles. The highest BCUT2D eigenvalue weighted by atomic mass is 16.6. The van der Waals surface area contributed by atoms with E-state index in [4.69, 9.17) is 16.2 Å². The van der Waals surface area contributed by atoms with Crippen molar-refractivity contribution < 1.29 is 14.3 Å². The second-order valence-electron chi connectivity index (χ2n) is 5.29. The van der Waals surface area contributed by atoms with E-state index in [1.54, 1.807) is 0 Å². The van der Waals surface area contributed by atoms with E-state index in [9.17, 15) is 9.59 Å². The van der Waals surface area contributed by atoms with Crippen LogP contribution < -0.4 is 11.5 Å². The third-order valence-electron chi connectivity index (χ3n) is 3.46. The SMILES string of the molecule is NC(CC(=O)OC(=O)CC(N)c1ccccc1)c1ccccc1. The molecule has 0 fully saturated rings. The van der Waals surface area contributed by atoms with Gasteiger partial charge in [0, 0.05) is 12.1 Å². The summed E-state index contributed by atoms with van der Waals surface area (Å²) in [5, 5.41) is 0. The number of carbonyl (C=O) groups is 2. The minimum absolute atomic E-state index is 0.0592. The molecule has 0 bridgehead atoms. The average Bonchev–Trinajstić information content (AvgIpc) is 2.56. The largest absolute Gasteiger partial charge is 0.393 e. The van der Waals surface area contributed by atoms with Crippen molar-refractivity contribution in [2.24, 2.45) is 11.5 Å². The van der Waals surface area contributed by atoms with Crippen LogP contribution in [0.5, 0.6) is 0 Å². The van der Waals surface area contributed by atoms with Gasteiger partial charge in [0.1, 0.15) is 0 Å². The molecule has 0 spiro atoms. The molecule has 0 aromatic heterocycles. The Balaban J connectivity index is 1.82. The van der Waals surface area contributed by atoms with Gasteiger partial charge in [-0.3, -0.25) is 9.59 Å². The summed E-state index contributed by atoms with van der Waals surface area (Å²) in [6.07, 6.45) is -0.118. The van der Waals surface area contributed by atoms with Gasteiger partial charge in [-0.25, -0.2) is 0 Å². The van der Waals surface area contributed by atoms with E-state index in [2.05, 4.69) is 0 Å². The topological polar surface area (TPSA) is 95.4 Å². The fourth-order valence-corrected chi connectivity index (χ4v) is 2.21. The second kappa shape index (κ2) is 8.22. The third kappa shape index (κ3) is 5.32. The number of rotatable bonds is 6. The molecule has 2 aromatic rings. The van der Waals surface area contributed by atoms with Crippen molar-refractivity contribution in [3.8, 4) is 0 Å². The summed E-state index contributed by atoms with van der Waals surface area (Å²) in [6, 6.07) is 17.4. The van der Waals surface area contributed by atoms with Crippen molar-refractivity contribution in [3.63, 3.8) is 0 Å². The van der Waals surface area contributed by atoms with Gasteiger partial charge in [0.15, 0.2) is 0 Å². The molecule has 0 saturated heterocycles. The molecular weight excluding hydrogens is 292 g/mol. The molecule has 120 valence electrons. The van der Waals surface area contributed by atoms with Crippen molar-refractivity contribution in [3.05, 3.63) is 71.8 Å². The van der Waals surface area contributed by atoms with Gasteiger partial charge in [-0.2, -0.15) is 0 Å². The molecule has 2 unspecified atom stereocenters. The Kier molecular flexibility index (Phi) is 6.02. The van der Waals surface area contributed by atoms with E-state index < -0.39 is 24.0 Å². The van der Waals surface area contributed by atoms with Crippen molar-refractivity contribution in [2.75, 3.05) is 0 Å². The number of nitrogens with two attached hydrogens (primary N) is 2. The maximum Gasteiger partial charge on any atom is 0.315 e. The van der Waals surface area contributed by atoms with Gasteiger partial charge < -0.3 is 16.2 Å². The van der Waals surface area contributed by atoms with Gasteiger partial charge in [0.2, 0.25) is 0 Å². The Morgan fingerprint density at radius 1 is 0.739 bits per heavy atom. The highest BCUT2D eigenvalue weighted by molar-refractivity contribution is 5.86. The molecule has 0 aliphatic carbocycles. The highest BCUT2D eigenvalue weighted by Crippen LogP contribution is 2.16. The fourth-order valence-electron chi connectivity index (χ4n) is 2.21. The van der Waals surface area contributed by atoms with Crippen LogP contribution in [0.4, 0.5) is 0 Å². The minimum atomic E-state index is -0.647. The maximum absolute atomic E-state index is 11.8. The zero-order valence-corrected chi connectivity index (χ0v) is 12.7. The Bertz CT molecular complexity index is 586. The standard InChI is InChI=1S/C18H20N2O3/c19-15(13-7-3-1-4-8-13)11-17(21)23-18(22)12-16(20)14-9-5-2-6-10-14/h1-10,15-16H,11-12,19-20H2. The molecule has 2 rings (SSSR count). The lowest BCUT2D eigenvalue weighted by Crippen LogP contribution is -2.22. The fraction of sp³-hybridized carbons (Fsp3) is 0.222. The summed E-state index contributed by atoms with van der Waals surface area (Å²) < 4.78 is 4.80. The number of hydrogen-bond acceptors (Lipinski definition) is 5. The molecule has 0 heterocycles. The zero-order chi connectivity index (χ0) is 16.7. The van der Waals surface area contributed by atoms with Crippen LogP contribution in [0, 0.1) is 0 Å². The lowest BCUT2D eigenvalue weighted by molar-refractivity contribution is -0.160. The van der Waals surface area contributed by atoms with Gasteiger partial charge in [0.05, 0.1) is 12.8 Å². The summed E-state index contributed by atoms with van der Waals surface area (Å²) in [5.41, 5.74) is 13.5. The van der Waals surface area contributed by atoms with Crippen molar-refractivity contribution >= 4 is 11.9 Å². The Labute approximate surface area is 135 Å². The lowest BCUT2D eigenvalue weighted by Gasteiger charge is -2.13. The second-order valence-corrected chi connectivity index (χ2v) is 5.29. The van der Waals surface area contributed by atoms with Gasteiger partial charge in [-0.15, -0.1) is 0 Å². The minimum Gasteiger partial charge on any atom is -0.393 e. The molecule has 2 atom stereocenters. The van der Waals surface area contributed by atoms with Crippen molar-refractivity contribution in [1.82, 2.24) is 0 Å². The number of benzene rings is 2. The Hall–Kier alpha value is -2.50. The van der Waals surface area contributed by atoms with Crippen LogP contribution in [-0.2, 0) is 14.3 Å². The van der Waals surface area contributed by atoms with Crippen LogP contribution in [0.15, 0.2) is 60.7 Å². The first-order chi connectivity index (χ1) is 11.1. The molecule has 5 nitrogen and oxygen atoms in total. The predicted molar refractivity (Wildman–Crippen MR) is 87.1 cm³/mol. The number of ether oxygens (including phenoxy) is 1. The van der Waals surface area contributed by atoms with Gasteiger partial charge in [0.25, 0.3) is 0 Å². The van der Waals surface area contributed by atoms with Crippen LogP contribution in [0.3, 0.4) is 0 Å². The Morgan fingerprint density at radius 3 is 1.43 bits per heavy atom. The van der Waals surface area contributed by atoms with Crippen LogP contribution in [-0.4, -0.2) is 11.9 Å². The predicted octanol–water partition coefficient (Wildman–Crippen LogP) is 2.24. The van der Waals surface area contributed by atoms with E-state index in [0.717, 1.165) is 11.1 Å². The van der Waals surface area contributed by atoms with E-state index in [-0.39, 0.29) is 12.8 Å². The number of esters is 2. The van der Waals surface area contributed by atoms with Gasteiger partial charge >= 0.3 is 11.9 Å². The van der Waals surface area contributed by atoms with Crippen molar-refractivity contribution in [2.45, 2.75) is 24.9 Å². The van der Waals surface area contributed by atoms with E-state index in [1.807, 2.05) is 60.7 Å². The Morgan fingerprint density at radius 2 is 1.09 bits per heavy atom. The summed E-state index contributed by atoms with van der Waals surface area (Å²) in [5.74, 6) is -1.29. The van der Waals surface area contributed by atoms with Gasteiger partial charge in [-0.05, 0) is 11.1 Å². The zero-order valence-electron chi connectivity index (χ0n) is 12.7. The maximum atomic E-state index is 11.8. The molecule has 23 heavy (non-hydrogen) atoms. The van der Waals surface area contributed by atoms with E-state index in [1.165, 1.54) is 0 Å². The normalized spacial score (nSPS) is 13.1. The summed E-state index contributed by atoms with van der Waals surface area (Å²) in [4.78, 5) is 23.6. The molecule has 0 aliphatic rings. The molecule has 4 N–H and O–H groups in total. The molecule has 0 saturated carbocycles. The van der Waals surface area contributed by atoms with Crippen LogP contribution in [0.2, 0.25) is 0 Å². The number of hydrogen-bond donors (Lipinski definition) is 2. The number of carbonyl (C=O) groups excluding carboxylic acids is 2. The van der Waals surface area contributed by atoms with Crippen LogP contribution in [0.25, 0.3) is 0 Å². The third-order valence-corrected chi connectivity index (χ3v) is 3.46. The average molecular weight is 312 g/mol. The monoisotopic (exact) mass is 312 g/mol. The molecule has 0 radical (unpaired) electrons. The summed E-state index contributed by atoms with van der Waals surface area (Å²) in [6.45, 7) is 0. The lowest BCUT2D eigenvalue weighted by atomic mass is 10.0. The quantitative estimate of drug-likeness (QED) is 0.630. The van der Waals surface area contributed by atoms with Crippen LogP contribution in [0.1, 0.15) is 36.1 Å². The van der Waals surface area contributed by atoms with E-state index in [0.29, 0.717) is 0 Å². The van der Waals surface area contributed by atoms with Crippen molar-refractivity contribution in [1.29, 1.82) is 0 Å². The smallest absolute Gasteiger partial charge is 0.315 e. The molecule has 2 aromatic carbocycles. The summed E-state index contributed by atoms with van der Waals surface area (Å²) in [7, 11) is 0. The molecular formula is C18H20N2O3. The first-order valence-corrected chi connectivity index (χ1v) is 7.41. The molecule has 0 amide bonds. The summed E-state index contributed by atoms with van der Waals surface area (Å²) >= 11 is 0. The van der Waals surface area contributed by atoms with Crippen LogP contribution >= 0.6 is 0 Å². The first kappa shape index (κ1) is 16.9. The molecule has 5 heteroatoms. The van der Waals surface area contributed by atoms with E-state index >= 15 is 0 Å². The highest BCUT2D eigenvalue weighted by Gasteiger charge is 2.18.